The largest absolute Gasteiger partial charge is 0.378 e. The zero-order valence-electron chi connectivity index (χ0n) is 13.2. The van der Waals surface area contributed by atoms with Crippen LogP contribution < -0.4 is 5.49 Å². The Morgan fingerprint density at radius 1 is 1.18 bits per heavy atom. The second kappa shape index (κ2) is 7.73. The molecule has 1 atom stereocenters. The maximum atomic E-state index is 12.5. The lowest BCUT2D eigenvalue weighted by Gasteiger charge is -2.18. The Kier molecular flexibility index (Phi) is 5.43. The van der Waals surface area contributed by atoms with Gasteiger partial charge < -0.3 is 4.74 Å². The Hall–Kier alpha value is -1.42. The summed E-state index contributed by atoms with van der Waals surface area (Å²) < 4.78 is 7.33. The quantitative estimate of drug-likeness (QED) is 0.856. The fourth-order valence-corrected chi connectivity index (χ4v) is 3.42. The van der Waals surface area contributed by atoms with Crippen molar-refractivity contribution in [3.05, 3.63) is 29.9 Å². The van der Waals surface area contributed by atoms with Crippen molar-refractivity contribution in [2.45, 2.75) is 69.9 Å². The molecule has 1 aliphatic heterocycles. The molecule has 4 heteroatoms. The third-order valence-corrected chi connectivity index (χ3v) is 4.70. The van der Waals surface area contributed by atoms with Crippen LogP contribution in [0.15, 0.2) is 29.4 Å². The summed E-state index contributed by atoms with van der Waals surface area (Å²) in [5.74, 6) is 0.130. The van der Waals surface area contributed by atoms with Gasteiger partial charge in [0.1, 0.15) is 5.49 Å². The van der Waals surface area contributed by atoms with E-state index in [4.69, 9.17) is 9.73 Å². The fraction of sp³-hybridized carbons (Fsp3) is 0.667. The van der Waals surface area contributed by atoms with E-state index in [-0.39, 0.29) is 12.0 Å². The highest BCUT2D eigenvalue weighted by molar-refractivity contribution is 5.78. The first-order valence-electron chi connectivity index (χ1n) is 8.69. The Morgan fingerprint density at radius 3 is 2.82 bits per heavy atom. The van der Waals surface area contributed by atoms with Gasteiger partial charge in [-0.3, -0.25) is 14.4 Å². The Bertz CT molecular complexity index is 552. The fourth-order valence-electron chi connectivity index (χ4n) is 3.42. The van der Waals surface area contributed by atoms with E-state index in [0.29, 0.717) is 12.5 Å². The lowest BCUT2D eigenvalue weighted by molar-refractivity contribution is 0.0793. The molecule has 3 rings (SSSR count). The van der Waals surface area contributed by atoms with E-state index in [2.05, 4.69) is 0 Å². The van der Waals surface area contributed by atoms with Gasteiger partial charge in [-0.1, -0.05) is 25.3 Å². The number of hydrogen-bond acceptors (Lipinski definition) is 3. The summed E-state index contributed by atoms with van der Waals surface area (Å²) in [5, 5.41) is 0. The number of ether oxygens (including phenoxy) is 1. The van der Waals surface area contributed by atoms with E-state index in [0.717, 1.165) is 44.2 Å². The third-order valence-electron chi connectivity index (χ3n) is 4.70. The first kappa shape index (κ1) is 15.5. The maximum absolute atomic E-state index is 12.5. The van der Waals surface area contributed by atoms with Crippen LogP contribution in [0, 0.1) is 0 Å². The zero-order chi connectivity index (χ0) is 15.2. The van der Waals surface area contributed by atoms with Gasteiger partial charge >= 0.3 is 0 Å². The van der Waals surface area contributed by atoms with Crippen LogP contribution in [-0.2, 0) is 4.74 Å². The molecule has 0 aromatic carbocycles. The van der Waals surface area contributed by atoms with Crippen molar-refractivity contribution in [1.29, 1.82) is 0 Å². The molecule has 1 aliphatic carbocycles. The monoisotopic (exact) mass is 302 g/mol. The number of hydrogen-bond donors (Lipinski definition) is 0. The van der Waals surface area contributed by atoms with Gasteiger partial charge in [0, 0.05) is 19.2 Å². The minimum absolute atomic E-state index is 0.130. The van der Waals surface area contributed by atoms with Gasteiger partial charge in [-0.25, -0.2) is 0 Å². The summed E-state index contributed by atoms with van der Waals surface area (Å²) in [6.07, 6.45) is 11.8. The minimum Gasteiger partial charge on any atom is -0.378 e. The molecule has 0 bridgehead atoms. The minimum atomic E-state index is 0.130. The van der Waals surface area contributed by atoms with Crippen molar-refractivity contribution in [2.24, 2.45) is 4.99 Å². The average Bonchev–Trinajstić information content (AvgIpc) is 3.08. The highest BCUT2D eigenvalue weighted by atomic mass is 16.5. The van der Waals surface area contributed by atoms with Crippen LogP contribution in [0.25, 0.3) is 0 Å². The van der Waals surface area contributed by atoms with Gasteiger partial charge in [-0.15, -0.1) is 0 Å². The molecule has 0 spiro atoms. The normalized spacial score (nSPS) is 23.8. The molecule has 1 unspecified atom stereocenters. The van der Waals surface area contributed by atoms with Crippen molar-refractivity contribution in [3.8, 4) is 0 Å². The second-order valence-electron chi connectivity index (χ2n) is 6.42. The van der Waals surface area contributed by atoms with Crippen molar-refractivity contribution in [3.63, 3.8) is 0 Å². The average molecular weight is 302 g/mol. The van der Waals surface area contributed by atoms with Crippen LogP contribution in [0.4, 0.5) is 0 Å². The predicted molar refractivity (Wildman–Crippen MR) is 85.7 cm³/mol. The maximum Gasteiger partial charge on any atom is 0.232 e. The molecule has 0 amide bonds. The molecule has 22 heavy (non-hydrogen) atoms. The molecule has 2 fully saturated rings. The Balaban J connectivity index is 1.69. The summed E-state index contributed by atoms with van der Waals surface area (Å²) in [7, 11) is 0. The molecule has 1 aromatic rings. The summed E-state index contributed by atoms with van der Waals surface area (Å²) in [6, 6.07) is 6.21. The van der Waals surface area contributed by atoms with Crippen molar-refractivity contribution in [2.75, 3.05) is 6.61 Å². The van der Waals surface area contributed by atoms with Gasteiger partial charge in [0.05, 0.1) is 12.1 Å². The summed E-state index contributed by atoms with van der Waals surface area (Å²) in [5.41, 5.74) is 0.812. The van der Waals surface area contributed by atoms with Crippen molar-refractivity contribution in [1.82, 2.24) is 4.57 Å². The first-order valence-corrected chi connectivity index (χ1v) is 8.69. The number of rotatable bonds is 4. The number of pyridine rings is 1. The molecule has 4 nitrogen and oxygen atoms in total. The summed E-state index contributed by atoms with van der Waals surface area (Å²) >= 11 is 0. The van der Waals surface area contributed by atoms with E-state index in [9.17, 15) is 4.79 Å². The molecule has 1 saturated carbocycles. The van der Waals surface area contributed by atoms with Crippen LogP contribution in [0.5, 0.6) is 0 Å². The predicted octanol–water partition coefficient (Wildman–Crippen LogP) is 3.32. The molecule has 0 N–H and O–H groups in total. The molecule has 2 heterocycles. The first-order chi connectivity index (χ1) is 10.8. The topological polar surface area (TPSA) is 43.6 Å². The van der Waals surface area contributed by atoms with Crippen LogP contribution in [0.2, 0.25) is 0 Å². The highest BCUT2D eigenvalue weighted by Crippen LogP contribution is 2.20. The summed E-state index contributed by atoms with van der Waals surface area (Å²) in [6.45, 7) is 0.847. The number of nitrogens with zero attached hydrogens (tertiary/aromatic N) is 2. The number of carbonyl (C=O) groups excluding carboxylic acids is 1. The molecule has 0 radical (unpaired) electrons. The van der Waals surface area contributed by atoms with Gasteiger partial charge in [0.25, 0.3) is 0 Å². The van der Waals surface area contributed by atoms with E-state index in [1.807, 2.05) is 24.4 Å². The van der Waals surface area contributed by atoms with Gasteiger partial charge in [0.2, 0.25) is 5.91 Å². The van der Waals surface area contributed by atoms with Crippen LogP contribution in [0.1, 0.15) is 62.6 Å². The Labute approximate surface area is 132 Å². The molecule has 1 saturated heterocycles. The van der Waals surface area contributed by atoms with Crippen LogP contribution >= 0.6 is 0 Å². The van der Waals surface area contributed by atoms with Gasteiger partial charge in [-0.05, 0) is 44.2 Å². The SMILES string of the molecule is O=C(CCC1CCCO1)n1ccccc1=NC1CCCCC1. The van der Waals surface area contributed by atoms with E-state index in [1.54, 1.807) is 4.57 Å². The number of aromatic nitrogens is 1. The molecule has 120 valence electrons. The summed E-state index contributed by atoms with van der Waals surface area (Å²) in [4.78, 5) is 17.3. The molecule has 2 aliphatic rings. The lowest BCUT2D eigenvalue weighted by Crippen LogP contribution is -2.29. The molecule has 1 aromatic heterocycles. The van der Waals surface area contributed by atoms with Crippen LogP contribution in [0.3, 0.4) is 0 Å². The van der Waals surface area contributed by atoms with Crippen molar-refractivity contribution >= 4 is 5.91 Å². The molecular formula is C18H26N2O2. The standard InChI is InChI=1S/C18H26N2O2/c21-18(12-11-16-9-6-14-22-16)20-13-5-4-10-17(20)19-15-7-2-1-3-8-15/h4-5,10,13,15-16H,1-3,6-9,11-12,14H2. The third kappa shape index (κ3) is 4.07. The van der Waals surface area contributed by atoms with E-state index in [1.165, 1.54) is 19.3 Å². The van der Waals surface area contributed by atoms with Gasteiger partial charge in [0.15, 0.2) is 0 Å². The second-order valence-corrected chi connectivity index (χ2v) is 6.42. The Morgan fingerprint density at radius 2 is 2.05 bits per heavy atom. The van der Waals surface area contributed by atoms with Crippen LogP contribution in [-0.4, -0.2) is 29.2 Å². The molecular weight excluding hydrogens is 276 g/mol. The van der Waals surface area contributed by atoms with E-state index < -0.39 is 0 Å². The highest BCUT2D eigenvalue weighted by Gasteiger charge is 2.18. The van der Waals surface area contributed by atoms with Gasteiger partial charge in [-0.2, -0.15) is 0 Å². The van der Waals surface area contributed by atoms with E-state index >= 15 is 0 Å². The number of carbonyl (C=O) groups is 1. The smallest absolute Gasteiger partial charge is 0.232 e. The zero-order valence-corrected chi connectivity index (χ0v) is 13.2. The van der Waals surface area contributed by atoms with Crippen molar-refractivity contribution < 1.29 is 9.53 Å². The lowest BCUT2D eigenvalue weighted by atomic mass is 9.96.